The van der Waals surface area contributed by atoms with Crippen molar-refractivity contribution in [3.8, 4) is 0 Å². The fraction of sp³-hybridized carbons (Fsp3) is 0.267. The van der Waals surface area contributed by atoms with Crippen molar-refractivity contribution in [3.63, 3.8) is 0 Å². The normalized spacial score (nSPS) is 16.5. The van der Waals surface area contributed by atoms with Gasteiger partial charge in [0.15, 0.2) is 5.78 Å². The van der Waals surface area contributed by atoms with Gasteiger partial charge in [-0.25, -0.2) is 4.99 Å². The third-order valence-electron chi connectivity index (χ3n) is 2.61. The summed E-state index contributed by atoms with van der Waals surface area (Å²) in [4.78, 5) is 16.4. The van der Waals surface area contributed by atoms with Crippen LogP contribution in [0.2, 0.25) is 0 Å². The fourth-order valence-corrected chi connectivity index (χ4v) is 2.37. The highest BCUT2D eigenvalue weighted by Crippen LogP contribution is 2.30. The molecule has 0 spiro atoms. The van der Waals surface area contributed by atoms with Crippen molar-refractivity contribution in [3.05, 3.63) is 45.1 Å². The van der Waals surface area contributed by atoms with Gasteiger partial charge in [0.1, 0.15) is 5.82 Å². The lowest BCUT2D eigenvalue weighted by Crippen LogP contribution is -2.11. The van der Waals surface area contributed by atoms with E-state index in [1.807, 2.05) is 19.3 Å². The zero-order chi connectivity index (χ0) is 15.1. The number of hydrogen-bond donors (Lipinski definition) is 2. The minimum absolute atomic E-state index is 0.0476. The van der Waals surface area contributed by atoms with Crippen molar-refractivity contribution in [2.45, 2.75) is 27.7 Å². The van der Waals surface area contributed by atoms with E-state index in [4.69, 9.17) is 5.41 Å². The molecular weight excluding hydrogens is 270 g/mol. The molecule has 0 bridgehead atoms. The Morgan fingerprint density at radius 3 is 2.50 bits per heavy atom. The van der Waals surface area contributed by atoms with E-state index in [0.29, 0.717) is 17.0 Å². The molecular formula is C15H19N3OS. The zero-order valence-corrected chi connectivity index (χ0v) is 13.0. The summed E-state index contributed by atoms with van der Waals surface area (Å²) < 4.78 is 0. The van der Waals surface area contributed by atoms with E-state index < -0.39 is 0 Å². The lowest BCUT2D eigenvalue weighted by atomic mass is 10.2. The summed E-state index contributed by atoms with van der Waals surface area (Å²) in [5, 5.41) is 12.5. The van der Waals surface area contributed by atoms with Gasteiger partial charge in [-0.05, 0) is 44.8 Å². The summed E-state index contributed by atoms with van der Waals surface area (Å²) in [6.45, 7) is 7.29. The molecule has 0 aromatic carbocycles. The maximum Gasteiger partial charge on any atom is 0.156 e. The van der Waals surface area contributed by atoms with Gasteiger partial charge < -0.3 is 10.7 Å². The van der Waals surface area contributed by atoms with Gasteiger partial charge in [-0.3, -0.25) is 4.79 Å². The Morgan fingerprint density at radius 2 is 2.05 bits per heavy atom. The number of rotatable bonds is 5. The van der Waals surface area contributed by atoms with Crippen LogP contribution in [0.15, 0.2) is 50.1 Å². The zero-order valence-electron chi connectivity index (χ0n) is 12.2. The molecule has 1 rings (SSSR count). The Hall–Kier alpha value is -1.88. The molecule has 1 aliphatic rings. The minimum Gasteiger partial charge on any atom is -0.346 e. The van der Waals surface area contributed by atoms with Crippen LogP contribution in [0.4, 0.5) is 0 Å². The lowest BCUT2D eigenvalue weighted by molar-refractivity contribution is -0.113. The molecule has 0 fully saturated rings. The highest BCUT2D eigenvalue weighted by atomic mass is 32.2. The average Bonchev–Trinajstić information content (AvgIpc) is 2.43. The van der Waals surface area contributed by atoms with Crippen molar-refractivity contribution in [2.24, 2.45) is 4.99 Å². The molecule has 0 aliphatic carbocycles. The average molecular weight is 289 g/mol. The molecule has 20 heavy (non-hydrogen) atoms. The Kier molecular flexibility index (Phi) is 6.18. The van der Waals surface area contributed by atoms with Crippen molar-refractivity contribution >= 4 is 30.0 Å². The molecule has 1 heterocycles. The molecule has 0 aromatic heterocycles. The summed E-state index contributed by atoms with van der Waals surface area (Å²) in [5.41, 5.74) is 2.48. The van der Waals surface area contributed by atoms with E-state index >= 15 is 0 Å². The number of carbonyl (C=O) groups excluding carboxylic acids is 1. The summed E-state index contributed by atoms with van der Waals surface area (Å²) >= 11 is 1.44. The van der Waals surface area contributed by atoms with Crippen LogP contribution in [-0.2, 0) is 4.79 Å². The first-order valence-corrected chi connectivity index (χ1v) is 7.08. The summed E-state index contributed by atoms with van der Waals surface area (Å²) in [7, 11) is 0. The smallest absolute Gasteiger partial charge is 0.156 e. The third kappa shape index (κ3) is 4.35. The van der Waals surface area contributed by atoms with Gasteiger partial charge in [-0.1, -0.05) is 17.3 Å². The van der Waals surface area contributed by atoms with E-state index in [-0.39, 0.29) is 5.78 Å². The SMILES string of the molecule is CC(=O)/C(C)=C/SC(=C(C)C)/C(C=N)=C1\N=CC=CN1. The van der Waals surface area contributed by atoms with Crippen LogP contribution in [0, 0.1) is 5.41 Å². The Labute approximate surface area is 123 Å². The monoisotopic (exact) mass is 289 g/mol. The van der Waals surface area contributed by atoms with Crippen LogP contribution in [0.25, 0.3) is 0 Å². The molecule has 0 saturated heterocycles. The molecule has 2 N–H and O–H groups in total. The quantitative estimate of drug-likeness (QED) is 0.601. The lowest BCUT2D eigenvalue weighted by Gasteiger charge is -2.13. The molecule has 0 radical (unpaired) electrons. The van der Waals surface area contributed by atoms with E-state index in [9.17, 15) is 4.79 Å². The Bertz CT molecular complexity index is 562. The third-order valence-corrected chi connectivity index (χ3v) is 3.95. The highest BCUT2D eigenvalue weighted by molar-refractivity contribution is 8.06. The second kappa shape index (κ2) is 7.65. The number of carbonyl (C=O) groups is 1. The minimum atomic E-state index is 0.0476. The van der Waals surface area contributed by atoms with E-state index in [2.05, 4.69) is 10.3 Å². The number of thioether (sulfide) groups is 1. The summed E-state index contributed by atoms with van der Waals surface area (Å²) in [6.07, 6.45) is 6.53. The standard InChI is InChI=1S/C15H19N3OS/c1-10(2)14(20-9-11(3)12(4)19)13(8-16)15-17-6-5-7-18-15/h5-9,16-17H,1-4H3/b11-9+,15-13-,16-8?. The van der Waals surface area contributed by atoms with Gasteiger partial charge in [0, 0.05) is 29.1 Å². The fourth-order valence-electron chi connectivity index (χ4n) is 1.39. The number of allylic oxidation sites excluding steroid dienone is 4. The number of ketones is 1. The molecule has 0 saturated carbocycles. The first kappa shape index (κ1) is 16.2. The van der Waals surface area contributed by atoms with Crippen LogP contribution in [0.1, 0.15) is 27.7 Å². The number of nitrogens with zero attached hydrogens (tertiary/aromatic N) is 1. The van der Waals surface area contributed by atoms with Crippen LogP contribution in [0.5, 0.6) is 0 Å². The molecule has 5 heteroatoms. The highest BCUT2D eigenvalue weighted by Gasteiger charge is 2.12. The van der Waals surface area contributed by atoms with Crippen molar-refractivity contribution in [1.82, 2.24) is 5.32 Å². The number of hydrogen-bond acceptors (Lipinski definition) is 5. The molecule has 4 nitrogen and oxygen atoms in total. The van der Waals surface area contributed by atoms with Crippen LogP contribution in [0.3, 0.4) is 0 Å². The number of Topliss-reactive ketones (excluding diaryl/α,β-unsaturated/α-hetero) is 1. The predicted molar refractivity (Wildman–Crippen MR) is 87.0 cm³/mol. The van der Waals surface area contributed by atoms with Gasteiger partial charge in [0.25, 0.3) is 0 Å². The van der Waals surface area contributed by atoms with Gasteiger partial charge in [-0.2, -0.15) is 0 Å². The second-order valence-electron chi connectivity index (χ2n) is 4.49. The molecule has 0 unspecified atom stereocenters. The van der Waals surface area contributed by atoms with Crippen LogP contribution >= 0.6 is 11.8 Å². The Morgan fingerprint density at radius 1 is 1.35 bits per heavy atom. The van der Waals surface area contributed by atoms with Gasteiger partial charge in [-0.15, -0.1) is 0 Å². The van der Waals surface area contributed by atoms with E-state index in [1.54, 1.807) is 32.3 Å². The number of nitrogens with one attached hydrogen (secondary N) is 2. The van der Waals surface area contributed by atoms with Crippen LogP contribution < -0.4 is 5.32 Å². The summed E-state index contributed by atoms with van der Waals surface area (Å²) in [6, 6.07) is 0. The second-order valence-corrected chi connectivity index (χ2v) is 5.37. The topological polar surface area (TPSA) is 65.3 Å². The maximum absolute atomic E-state index is 11.3. The van der Waals surface area contributed by atoms with E-state index in [1.165, 1.54) is 18.0 Å². The Balaban J connectivity index is 3.15. The maximum atomic E-state index is 11.3. The first-order chi connectivity index (χ1) is 9.47. The largest absolute Gasteiger partial charge is 0.346 e. The molecule has 106 valence electrons. The van der Waals surface area contributed by atoms with Crippen LogP contribution in [-0.4, -0.2) is 18.2 Å². The predicted octanol–water partition coefficient (Wildman–Crippen LogP) is 3.56. The first-order valence-electron chi connectivity index (χ1n) is 6.20. The van der Waals surface area contributed by atoms with Gasteiger partial charge in [0.05, 0.1) is 0 Å². The van der Waals surface area contributed by atoms with Gasteiger partial charge in [0.2, 0.25) is 0 Å². The molecule has 0 aromatic rings. The van der Waals surface area contributed by atoms with Crippen molar-refractivity contribution in [1.29, 1.82) is 5.41 Å². The van der Waals surface area contributed by atoms with E-state index in [0.717, 1.165) is 10.5 Å². The molecule has 0 amide bonds. The number of aliphatic imine (C=N–C) groups is 1. The van der Waals surface area contributed by atoms with Gasteiger partial charge >= 0.3 is 0 Å². The molecule has 1 aliphatic heterocycles. The van der Waals surface area contributed by atoms with Crippen molar-refractivity contribution in [2.75, 3.05) is 0 Å². The van der Waals surface area contributed by atoms with Crippen molar-refractivity contribution < 1.29 is 4.79 Å². The summed E-state index contributed by atoms with van der Waals surface area (Å²) in [5.74, 6) is 0.687. The molecule has 0 atom stereocenters.